The quantitative estimate of drug-likeness (QED) is 0.838. The molecule has 1 aromatic rings. The molecule has 0 saturated heterocycles. The SMILES string of the molecule is CC(C)N(C)c1ccc(/C=C/C(=O)O)c(Cl)c1. The molecule has 17 heavy (non-hydrogen) atoms. The molecular formula is C13H16ClNO2. The fraction of sp³-hybridized carbons (Fsp3) is 0.308. The lowest BCUT2D eigenvalue weighted by molar-refractivity contribution is -0.131. The van der Waals surface area contributed by atoms with Crippen LogP contribution in [0.3, 0.4) is 0 Å². The number of halogens is 1. The Balaban J connectivity index is 2.98. The van der Waals surface area contributed by atoms with Crippen molar-refractivity contribution < 1.29 is 9.90 Å². The molecule has 0 saturated carbocycles. The van der Waals surface area contributed by atoms with Crippen LogP contribution in [-0.4, -0.2) is 24.2 Å². The summed E-state index contributed by atoms with van der Waals surface area (Å²) in [5, 5.41) is 9.09. The molecule has 3 nitrogen and oxygen atoms in total. The third kappa shape index (κ3) is 3.79. The van der Waals surface area contributed by atoms with Crippen LogP contribution in [0.1, 0.15) is 19.4 Å². The second-order valence-electron chi connectivity index (χ2n) is 4.08. The molecule has 0 heterocycles. The van der Waals surface area contributed by atoms with Gasteiger partial charge < -0.3 is 10.0 Å². The van der Waals surface area contributed by atoms with Crippen molar-refractivity contribution in [2.24, 2.45) is 0 Å². The normalized spacial score (nSPS) is 11.1. The minimum Gasteiger partial charge on any atom is -0.478 e. The molecule has 0 atom stereocenters. The van der Waals surface area contributed by atoms with Gasteiger partial charge in [-0.25, -0.2) is 4.79 Å². The van der Waals surface area contributed by atoms with Gasteiger partial charge >= 0.3 is 5.97 Å². The first-order valence-electron chi connectivity index (χ1n) is 5.35. The summed E-state index contributed by atoms with van der Waals surface area (Å²) in [6.45, 7) is 4.18. The molecule has 0 aliphatic heterocycles. The van der Waals surface area contributed by atoms with Crippen LogP contribution >= 0.6 is 11.6 Å². The predicted octanol–water partition coefficient (Wildman–Crippen LogP) is 3.28. The highest BCUT2D eigenvalue weighted by Crippen LogP contribution is 2.25. The first-order chi connectivity index (χ1) is 7.91. The third-order valence-electron chi connectivity index (χ3n) is 2.57. The van der Waals surface area contributed by atoms with E-state index in [0.717, 1.165) is 11.8 Å². The molecule has 0 aromatic heterocycles. The van der Waals surface area contributed by atoms with Gasteiger partial charge in [0.1, 0.15) is 0 Å². The summed E-state index contributed by atoms with van der Waals surface area (Å²) in [4.78, 5) is 12.5. The molecule has 0 fully saturated rings. The maximum atomic E-state index is 10.4. The second kappa shape index (κ2) is 5.73. The van der Waals surface area contributed by atoms with Crippen molar-refractivity contribution >= 4 is 29.3 Å². The molecular weight excluding hydrogens is 238 g/mol. The number of benzene rings is 1. The van der Waals surface area contributed by atoms with E-state index in [1.165, 1.54) is 6.08 Å². The summed E-state index contributed by atoms with van der Waals surface area (Å²) >= 11 is 6.09. The zero-order chi connectivity index (χ0) is 13.0. The summed E-state index contributed by atoms with van der Waals surface area (Å²) in [6, 6.07) is 5.96. The summed E-state index contributed by atoms with van der Waals surface area (Å²) in [5.41, 5.74) is 1.72. The van der Waals surface area contributed by atoms with Gasteiger partial charge in [0.2, 0.25) is 0 Å². The van der Waals surface area contributed by atoms with E-state index < -0.39 is 5.97 Å². The maximum Gasteiger partial charge on any atom is 0.328 e. The lowest BCUT2D eigenvalue weighted by atomic mass is 10.1. The average Bonchev–Trinajstić information content (AvgIpc) is 2.26. The van der Waals surface area contributed by atoms with E-state index >= 15 is 0 Å². The fourth-order valence-corrected chi connectivity index (χ4v) is 1.57. The Labute approximate surface area is 106 Å². The standard InChI is InChI=1S/C13H16ClNO2/c1-9(2)15(3)11-6-4-10(12(14)8-11)5-7-13(16)17/h4-9H,1-3H3,(H,16,17)/b7-5+. The van der Waals surface area contributed by atoms with Crippen molar-refractivity contribution in [1.29, 1.82) is 0 Å². The van der Waals surface area contributed by atoms with E-state index in [1.807, 2.05) is 25.2 Å². The first-order valence-corrected chi connectivity index (χ1v) is 5.73. The van der Waals surface area contributed by atoms with Crippen LogP contribution in [0.25, 0.3) is 6.08 Å². The zero-order valence-corrected chi connectivity index (χ0v) is 10.9. The summed E-state index contributed by atoms with van der Waals surface area (Å²) in [6.07, 6.45) is 2.57. The number of aliphatic carboxylic acids is 1. The van der Waals surface area contributed by atoms with E-state index in [4.69, 9.17) is 16.7 Å². The molecule has 92 valence electrons. The van der Waals surface area contributed by atoms with Gasteiger partial charge in [-0.15, -0.1) is 0 Å². The number of nitrogens with zero attached hydrogens (tertiary/aromatic N) is 1. The number of hydrogen-bond donors (Lipinski definition) is 1. The van der Waals surface area contributed by atoms with Crippen LogP contribution in [0, 0.1) is 0 Å². The molecule has 0 spiro atoms. The molecule has 4 heteroatoms. The Morgan fingerprint density at radius 3 is 2.59 bits per heavy atom. The van der Waals surface area contributed by atoms with Crippen molar-refractivity contribution in [2.75, 3.05) is 11.9 Å². The fourth-order valence-electron chi connectivity index (χ4n) is 1.33. The molecule has 0 radical (unpaired) electrons. The van der Waals surface area contributed by atoms with E-state index in [2.05, 4.69) is 18.7 Å². The Kier molecular flexibility index (Phi) is 4.58. The number of carboxylic acids is 1. The largest absolute Gasteiger partial charge is 0.478 e. The van der Waals surface area contributed by atoms with Gasteiger partial charge in [-0.2, -0.15) is 0 Å². The van der Waals surface area contributed by atoms with Gasteiger partial charge in [0.25, 0.3) is 0 Å². The van der Waals surface area contributed by atoms with Gasteiger partial charge in [0, 0.05) is 29.9 Å². The van der Waals surface area contributed by atoms with Crippen molar-refractivity contribution in [3.05, 3.63) is 34.9 Å². The van der Waals surface area contributed by atoms with Gasteiger partial charge in [-0.3, -0.25) is 0 Å². The molecule has 1 aromatic carbocycles. The van der Waals surface area contributed by atoms with Gasteiger partial charge in [0.05, 0.1) is 0 Å². The number of carboxylic acid groups (broad SMARTS) is 1. The summed E-state index contributed by atoms with van der Waals surface area (Å²) in [7, 11) is 1.99. The van der Waals surface area contributed by atoms with Crippen LogP contribution in [0.2, 0.25) is 5.02 Å². The highest BCUT2D eigenvalue weighted by Gasteiger charge is 2.06. The minimum absolute atomic E-state index is 0.381. The molecule has 0 bridgehead atoms. The van der Waals surface area contributed by atoms with Crippen LogP contribution in [0.15, 0.2) is 24.3 Å². The highest BCUT2D eigenvalue weighted by atomic mass is 35.5. The molecule has 1 rings (SSSR count). The van der Waals surface area contributed by atoms with Gasteiger partial charge in [0.15, 0.2) is 0 Å². The van der Waals surface area contributed by atoms with Crippen molar-refractivity contribution in [1.82, 2.24) is 0 Å². The van der Waals surface area contributed by atoms with Crippen LogP contribution < -0.4 is 4.90 Å². The third-order valence-corrected chi connectivity index (χ3v) is 2.90. The van der Waals surface area contributed by atoms with Gasteiger partial charge in [-0.05, 0) is 37.6 Å². The zero-order valence-electron chi connectivity index (χ0n) is 10.1. The number of carbonyl (C=O) groups is 1. The smallest absolute Gasteiger partial charge is 0.328 e. The second-order valence-corrected chi connectivity index (χ2v) is 4.49. The Hall–Kier alpha value is -1.48. The number of rotatable bonds is 4. The Morgan fingerprint density at radius 2 is 2.12 bits per heavy atom. The summed E-state index contributed by atoms with van der Waals surface area (Å²) in [5.74, 6) is -0.982. The van der Waals surface area contributed by atoms with Crippen LogP contribution in [0.4, 0.5) is 5.69 Å². The van der Waals surface area contributed by atoms with Crippen LogP contribution in [-0.2, 0) is 4.79 Å². The molecule has 0 aliphatic rings. The van der Waals surface area contributed by atoms with Crippen LogP contribution in [0.5, 0.6) is 0 Å². The van der Waals surface area contributed by atoms with Crippen molar-refractivity contribution in [2.45, 2.75) is 19.9 Å². The maximum absolute atomic E-state index is 10.4. The molecule has 0 unspecified atom stereocenters. The minimum atomic E-state index is -0.982. The van der Waals surface area contributed by atoms with E-state index in [-0.39, 0.29) is 0 Å². The Bertz CT molecular complexity index is 441. The van der Waals surface area contributed by atoms with Crippen molar-refractivity contribution in [3.63, 3.8) is 0 Å². The van der Waals surface area contributed by atoms with E-state index in [9.17, 15) is 4.79 Å². The van der Waals surface area contributed by atoms with E-state index in [0.29, 0.717) is 16.6 Å². The lowest BCUT2D eigenvalue weighted by Crippen LogP contribution is -2.25. The molecule has 1 N–H and O–H groups in total. The van der Waals surface area contributed by atoms with Crippen molar-refractivity contribution in [3.8, 4) is 0 Å². The predicted molar refractivity (Wildman–Crippen MR) is 71.7 cm³/mol. The number of anilines is 1. The average molecular weight is 254 g/mol. The molecule has 0 aliphatic carbocycles. The first kappa shape index (κ1) is 13.6. The van der Waals surface area contributed by atoms with E-state index in [1.54, 1.807) is 0 Å². The number of hydrogen-bond acceptors (Lipinski definition) is 2. The Morgan fingerprint density at radius 1 is 1.47 bits per heavy atom. The topological polar surface area (TPSA) is 40.5 Å². The monoisotopic (exact) mass is 253 g/mol. The van der Waals surface area contributed by atoms with Gasteiger partial charge in [-0.1, -0.05) is 17.7 Å². The highest BCUT2D eigenvalue weighted by molar-refractivity contribution is 6.32. The lowest BCUT2D eigenvalue weighted by Gasteiger charge is -2.24. The summed E-state index contributed by atoms with van der Waals surface area (Å²) < 4.78 is 0. The molecule has 0 amide bonds.